The number of amides is 2. The van der Waals surface area contributed by atoms with Crippen LogP contribution in [0.25, 0.3) is 0 Å². The average molecular weight is 1070 g/mol. The zero-order chi connectivity index (χ0) is 48.2. The highest BCUT2D eigenvalue weighted by Gasteiger charge is 2.55. The van der Waals surface area contributed by atoms with E-state index in [1.54, 1.807) is 26.2 Å². The summed E-state index contributed by atoms with van der Waals surface area (Å²) in [6.45, 7) is 5.33. The number of ether oxygens (including phenoxy) is 2. The van der Waals surface area contributed by atoms with E-state index in [1.165, 1.54) is 28.0 Å². The molecule has 0 spiro atoms. The van der Waals surface area contributed by atoms with Crippen LogP contribution in [0, 0.1) is 0 Å². The van der Waals surface area contributed by atoms with Gasteiger partial charge in [0.1, 0.15) is 33.9 Å². The highest BCUT2D eigenvalue weighted by atomic mass is 127. The van der Waals surface area contributed by atoms with Gasteiger partial charge < -0.3 is 24.9 Å². The number of rotatable bonds is 16. The third-order valence-electron chi connectivity index (χ3n) is 12.2. The van der Waals surface area contributed by atoms with E-state index in [0.717, 1.165) is 33.4 Å². The SMILES string of the molecule is CC(C)(C)OC(=O)C1(O/N=C(/C(=O)NC2C(=O)N3C(C(=O)OC(c4ccccc4)c4ccccc4)=C(CI)CS[C@H]23)c2csc(NC(c3ccccc3)(c3ccccc3)c3ccccc3)n2)CCC1. The maximum absolute atomic E-state index is 14.8. The van der Waals surface area contributed by atoms with Crippen LogP contribution in [0.5, 0.6) is 0 Å². The van der Waals surface area contributed by atoms with E-state index in [9.17, 15) is 19.2 Å². The smallest absolute Gasteiger partial charge is 0.356 e. The van der Waals surface area contributed by atoms with Crippen LogP contribution in [0.4, 0.5) is 5.13 Å². The second kappa shape index (κ2) is 20.3. The number of hydrogen-bond donors (Lipinski definition) is 2. The number of halogens is 1. The van der Waals surface area contributed by atoms with Gasteiger partial charge in [-0.15, -0.1) is 23.1 Å². The van der Waals surface area contributed by atoms with E-state index in [2.05, 4.69) is 74.8 Å². The first kappa shape index (κ1) is 47.8. The van der Waals surface area contributed by atoms with Crippen molar-refractivity contribution in [3.8, 4) is 0 Å². The van der Waals surface area contributed by atoms with Crippen molar-refractivity contribution in [2.75, 3.05) is 15.5 Å². The number of alkyl halides is 1. The maximum Gasteiger partial charge on any atom is 0.356 e. The van der Waals surface area contributed by atoms with Gasteiger partial charge in [0, 0.05) is 28.4 Å². The Labute approximate surface area is 423 Å². The van der Waals surface area contributed by atoms with E-state index in [1.807, 2.05) is 115 Å². The maximum atomic E-state index is 14.8. The van der Waals surface area contributed by atoms with Gasteiger partial charge in [0.15, 0.2) is 16.9 Å². The fourth-order valence-electron chi connectivity index (χ4n) is 8.65. The summed E-state index contributed by atoms with van der Waals surface area (Å²) in [4.78, 5) is 69.6. The Kier molecular flexibility index (Phi) is 14.1. The van der Waals surface area contributed by atoms with Crippen molar-refractivity contribution < 1.29 is 33.5 Å². The molecule has 2 fully saturated rings. The van der Waals surface area contributed by atoms with Crippen LogP contribution in [-0.4, -0.2) is 72.1 Å². The second-order valence-electron chi connectivity index (χ2n) is 17.9. The van der Waals surface area contributed by atoms with E-state index in [4.69, 9.17) is 19.3 Å². The van der Waals surface area contributed by atoms with Gasteiger partial charge in [-0.05, 0) is 60.6 Å². The van der Waals surface area contributed by atoms with E-state index in [-0.39, 0.29) is 17.1 Å². The minimum atomic E-state index is -1.41. The predicted octanol–water partition coefficient (Wildman–Crippen LogP) is 9.95. The molecule has 352 valence electrons. The molecule has 12 nitrogen and oxygen atoms in total. The third-order valence-corrected chi connectivity index (χ3v) is 15.3. The molecule has 3 heterocycles. The van der Waals surface area contributed by atoms with E-state index < -0.39 is 58.0 Å². The number of carbonyl (C=O) groups excluding carboxylic acids is 4. The Bertz CT molecular complexity index is 2740. The van der Waals surface area contributed by atoms with Crippen molar-refractivity contribution in [2.24, 2.45) is 5.16 Å². The molecule has 1 saturated carbocycles. The zero-order valence-electron chi connectivity index (χ0n) is 38.2. The predicted molar refractivity (Wildman–Crippen MR) is 277 cm³/mol. The summed E-state index contributed by atoms with van der Waals surface area (Å²) in [7, 11) is 0. The first-order chi connectivity index (χ1) is 33.4. The Balaban J connectivity index is 1.03. The summed E-state index contributed by atoms with van der Waals surface area (Å²) in [5, 5.41) is 12.6. The van der Waals surface area contributed by atoms with Crippen molar-refractivity contribution in [1.82, 2.24) is 15.2 Å². The van der Waals surface area contributed by atoms with Gasteiger partial charge in [-0.2, -0.15) is 0 Å². The Hall–Kier alpha value is -6.30. The van der Waals surface area contributed by atoms with E-state index >= 15 is 0 Å². The first-order valence-corrected chi connectivity index (χ1v) is 26.1. The number of benzene rings is 5. The van der Waals surface area contributed by atoms with Gasteiger partial charge in [-0.1, -0.05) is 179 Å². The molecule has 5 aromatic carbocycles. The number of nitrogens with zero attached hydrogens (tertiary/aromatic N) is 3. The molecule has 2 N–H and O–H groups in total. The molecule has 1 aliphatic carbocycles. The van der Waals surface area contributed by atoms with E-state index in [0.29, 0.717) is 34.6 Å². The molecular weight excluding hydrogens is 1020 g/mol. The number of anilines is 1. The summed E-state index contributed by atoms with van der Waals surface area (Å²) in [5.41, 5.74) is 2.16. The largest absolute Gasteiger partial charge is 0.457 e. The van der Waals surface area contributed by atoms with Gasteiger partial charge in [0.05, 0.1) is 0 Å². The Morgan fingerprint density at radius 2 is 1.33 bits per heavy atom. The monoisotopic (exact) mass is 1070 g/mol. The number of carbonyl (C=O) groups is 4. The number of fused-ring (bicyclic) bond motifs is 1. The van der Waals surface area contributed by atoms with Gasteiger partial charge in [0.2, 0.25) is 5.60 Å². The molecule has 6 aromatic rings. The number of nitrogens with one attached hydrogen (secondary N) is 2. The number of thioether (sulfide) groups is 1. The van der Waals surface area contributed by atoms with Gasteiger partial charge in [-0.25, -0.2) is 14.6 Å². The van der Waals surface area contributed by atoms with Crippen LogP contribution >= 0.6 is 45.7 Å². The minimum absolute atomic E-state index is 0.158. The summed E-state index contributed by atoms with van der Waals surface area (Å²) >= 11 is 4.91. The van der Waals surface area contributed by atoms with Crippen LogP contribution < -0.4 is 10.6 Å². The number of thiazole rings is 1. The van der Waals surface area contributed by atoms with Gasteiger partial charge in [-0.3, -0.25) is 14.5 Å². The average Bonchev–Trinajstić information content (AvgIpc) is 3.82. The van der Waals surface area contributed by atoms with Crippen molar-refractivity contribution in [1.29, 1.82) is 0 Å². The minimum Gasteiger partial charge on any atom is -0.457 e. The normalized spacial score (nSPS) is 17.8. The lowest BCUT2D eigenvalue weighted by Gasteiger charge is -2.49. The fourth-order valence-corrected chi connectivity index (χ4v) is 11.7. The molecule has 3 aliphatic rings. The molecule has 1 unspecified atom stereocenters. The quantitative estimate of drug-likeness (QED) is 0.0183. The lowest BCUT2D eigenvalue weighted by molar-refractivity contribution is -0.196. The molecule has 9 rings (SSSR count). The first-order valence-electron chi connectivity index (χ1n) is 22.7. The van der Waals surface area contributed by atoms with Gasteiger partial charge in [0.25, 0.3) is 11.8 Å². The van der Waals surface area contributed by atoms with Crippen molar-refractivity contribution in [3.63, 3.8) is 0 Å². The lowest BCUT2D eigenvalue weighted by Crippen LogP contribution is -2.71. The van der Waals surface area contributed by atoms with Crippen molar-refractivity contribution >= 4 is 80.3 Å². The van der Waals surface area contributed by atoms with Crippen molar-refractivity contribution in [3.05, 3.63) is 202 Å². The highest BCUT2D eigenvalue weighted by Crippen LogP contribution is 2.44. The molecule has 2 amide bonds. The molecule has 1 aromatic heterocycles. The molecule has 69 heavy (non-hydrogen) atoms. The van der Waals surface area contributed by atoms with Crippen LogP contribution in [0.15, 0.2) is 173 Å². The third kappa shape index (κ3) is 9.81. The molecule has 15 heteroatoms. The summed E-state index contributed by atoms with van der Waals surface area (Å²) < 4.78 is 12.5. The summed E-state index contributed by atoms with van der Waals surface area (Å²) in [6, 6.07) is 48.1. The number of hydrogen-bond acceptors (Lipinski definition) is 12. The standard InChI is InChI=1S/C54H50IN5O7S2/c1-52(2,3)66-50(64)53(30-19-31-53)67-59-42(41-34-69-51(56-41)58-54(38-24-13-6-14-25-38,39-26-15-7-16-27-39)40-28-17-8-18-29-40)46(61)57-43-47(62)60-44(37(32-55)33-68-48(43)60)49(63)65-45(35-20-9-4-10-21-35)36-22-11-5-12-23-36/h4-18,20-29,34,43,45,48H,19,30-33H2,1-3H3,(H,56,58)(H,57,61)/b59-42+/t43?,48-/m1/s1. The topological polar surface area (TPSA) is 149 Å². The van der Waals surface area contributed by atoms with Crippen LogP contribution in [0.2, 0.25) is 0 Å². The number of β-lactam (4-membered cyclic amide) rings is 1. The lowest BCUT2D eigenvalue weighted by atomic mass is 9.77. The van der Waals surface area contributed by atoms with Crippen LogP contribution in [-0.2, 0) is 39.0 Å². The molecule has 2 aliphatic heterocycles. The molecule has 0 bridgehead atoms. The molecule has 1 saturated heterocycles. The number of aromatic nitrogens is 1. The van der Waals surface area contributed by atoms with Crippen LogP contribution in [0.1, 0.15) is 79.6 Å². The second-order valence-corrected chi connectivity index (χ2v) is 20.7. The molecule has 0 radical (unpaired) electrons. The molecular formula is C54H50IN5O7S2. The Morgan fingerprint density at radius 3 is 1.81 bits per heavy atom. The number of esters is 2. The molecule has 2 atom stereocenters. The van der Waals surface area contributed by atoms with Crippen LogP contribution in [0.3, 0.4) is 0 Å². The summed E-state index contributed by atoms with van der Waals surface area (Å²) in [5.74, 6) is -2.00. The Morgan fingerprint density at radius 1 is 0.812 bits per heavy atom. The summed E-state index contributed by atoms with van der Waals surface area (Å²) in [6.07, 6.45) is 0.651. The highest BCUT2D eigenvalue weighted by molar-refractivity contribution is 14.1. The van der Waals surface area contributed by atoms with Crippen molar-refractivity contribution in [2.45, 2.75) is 74.3 Å². The number of oxime groups is 1. The zero-order valence-corrected chi connectivity index (χ0v) is 42.0. The fraction of sp³-hybridized carbons (Fsp3) is 0.259. The van der Waals surface area contributed by atoms with Gasteiger partial charge >= 0.3 is 11.9 Å².